The molecule has 0 aromatic heterocycles. The van der Waals surface area contributed by atoms with E-state index in [0.29, 0.717) is 0 Å². The molecule has 0 aliphatic rings. The van der Waals surface area contributed by atoms with Crippen LogP contribution < -0.4 is 4.74 Å². The van der Waals surface area contributed by atoms with Gasteiger partial charge in [-0.2, -0.15) is 0 Å². The highest BCUT2D eigenvalue weighted by Crippen LogP contribution is 2.44. The number of hydrogen-bond acceptors (Lipinski definition) is 1. The van der Waals surface area contributed by atoms with E-state index in [2.05, 4.69) is 13.2 Å². The van der Waals surface area contributed by atoms with E-state index in [4.69, 9.17) is 16.3 Å². The molecule has 0 saturated carbocycles. The van der Waals surface area contributed by atoms with E-state index in [1.54, 1.807) is 19.3 Å². The van der Waals surface area contributed by atoms with Crippen molar-refractivity contribution in [3.8, 4) is 5.75 Å². The smallest absolute Gasteiger partial charge is 0.119 e. The summed E-state index contributed by atoms with van der Waals surface area (Å²) in [7, 11) is 1.65. The van der Waals surface area contributed by atoms with Gasteiger partial charge in [0, 0.05) is 0 Å². The van der Waals surface area contributed by atoms with E-state index in [0.717, 1.165) is 22.4 Å². The summed E-state index contributed by atoms with van der Waals surface area (Å²) in [5, 5.41) is 0. The number of benzene rings is 2. The molecule has 0 N–H and O–H groups in total. The molecule has 2 aromatic carbocycles. The quantitative estimate of drug-likeness (QED) is 0.507. The molecule has 1 nitrogen and oxygen atoms in total. The first-order valence-corrected chi connectivity index (χ1v) is 7.39. The molecule has 0 heterocycles. The highest BCUT2D eigenvalue weighted by molar-refractivity contribution is 6.28. The fourth-order valence-electron chi connectivity index (χ4n) is 2.44. The molecule has 22 heavy (non-hydrogen) atoms. The number of rotatable bonds is 6. The van der Waals surface area contributed by atoms with Crippen LogP contribution >= 0.6 is 11.6 Å². The number of hydrogen-bond donors (Lipinski definition) is 0. The predicted molar refractivity (Wildman–Crippen MR) is 94.5 cm³/mol. The minimum Gasteiger partial charge on any atom is -0.497 e. The third kappa shape index (κ3) is 3.00. The molecule has 0 radical (unpaired) electrons. The highest BCUT2D eigenvalue weighted by atomic mass is 35.5. The van der Waals surface area contributed by atoms with Gasteiger partial charge in [-0.05, 0) is 28.8 Å². The van der Waals surface area contributed by atoms with E-state index in [1.165, 1.54) is 0 Å². The van der Waals surface area contributed by atoms with Crippen molar-refractivity contribution in [2.45, 2.75) is 4.87 Å². The summed E-state index contributed by atoms with van der Waals surface area (Å²) >= 11 is 7.10. The maximum absolute atomic E-state index is 7.10. The fourth-order valence-corrected chi connectivity index (χ4v) is 2.83. The molecule has 1 atom stereocenters. The Balaban J connectivity index is 2.66. The lowest BCUT2D eigenvalue weighted by Gasteiger charge is -2.30. The average Bonchev–Trinajstić information content (AvgIpc) is 2.60. The molecular formula is C20H19ClO. The Bertz CT molecular complexity index is 671. The fraction of sp³-hybridized carbons (Fsp3) is 0.100. The lowest BCUT2D eigenvalue weighted by atomic mass is 9.83. The Morgan fingerprint density at radius 1 is 1.00 bits per heavy atom. The summed E-state index contributed by atoms with van der Waals surface area (Å²) in [4.78, 5) is -0.816. The van der Waals surface area contributed by atoms with Gasteiger partial charge in [-0.1, -0.05) is 73.9 Å². The van der Waals surface area contributed by atoms with Crippen LogP contribution in [0.1, 0.15) is 11.1 Å². The van der Waals surface area contributed by atoms with Crippen LogP contribution in [0.2, 0.25) is 0 Å². The van der Waals surface area contributed by atoms with Gasteiger partial charge in [-0.15, -0.1) is 11.6 Å². The first-order valence-electron chi connectivity index (χ1n) is 7.01. The van der Waals surface area contributed by atoms with Crippen molar-refractivity contribution in [2.75, 3.05) is 7.11 Å². The molecule has 0 spiro atoms. The molecule has 0 amide bonds. The summed E-state index contributed by atoms with van der Waals surface area (Å²) in [6.07, 6.45) is 5.38. The molecule has 1 unspecified atom stereocenters. The molecule has 0 bridgehead atoms. The van der Waals surface area contributed by atoms with Gasteiger partial charge in [-0.3, -0.25) is 0 Å². The summed E-state index contributed by atoms with van der Waals surface area (Å²) < 4.78 is 5.23. The zero-order valence-corrected chi connectivity index (χ0v) is 13.4. The van der Waals surface area contributed by atoms with Crippen LogP contribution in [-0.2, 0) is 4.87 Å². The van der Waals surface area contributed by atoms with E-state index in [-0.39, 0.29) is 0 Å². The monoisotopic (exact) mass is 310 g/mol. The van der Waals surface area contributed by atoms with Crippen molar-refractivity contribution in [1.82, 2.24) is 0 Å². The number of halogens is 1. The SMILES string of the molecule is C=C/C=C(\C=C)C(Cl)(c1ccccc1)c1ccc(OC)cc1. The molecule has 0 fully saturated rings. The molecule has 2 heteroatoms. The van der Waals surface area contributed by atoms with Gasteiger partial charge in [0.25, 0.3) is 0 Å². The first-order chi connectivity index (χ1) is 10.7. The maximum Gasteiger partial charge on any atom is 0.119 e. The van der Waals surface area contributed by atoms with Crippen LogP contribution in [0.5, 0.6) is 5.75 Å². The zero-order valence-electron chi connectivity index (χ0n) is 12.6. The molecule has 2 rings (SSSR count). The van der Waals surface area contributed by atoms with Crippen LogP contribution in [-0.4, -0.2) is 7.11 Å². The van der Waals surface area contributed by atoms with Crippen LogP contribution in [0, 0.1) is 0 Å². The van der Waals surface area contributed by atoms with Gasteiger partial charge in [-0.25, -0.2) is 0 Å². The minimum atomic E-state index is -0.816. The van der Waals surface area contributed by atoms with E-state index in [9.17, 15) is 0 Å². The van der Waals surface area contributed by atoms with Crippen molar-refractivity contribution >= 4 is 11.6 Å². The second kappa shape index (κ2) is 7.15. The summed E-state index contributed by atoms with van der Waals surface area (Å²) in [5.41, 5.74) is 2.81. The van der Waals surface area contributed by atoms with E-state index >= 15 is 0 Å². The second-order valence-corrected chi connectivity index (χ2v) is 5.38. The molecule has 0 saturated heterocycles. The van der Waals surface area contributed by atoms with Crippen LogP contribution in [0.25, 0.3) is 0 Å². The lowest BCUT2D eigenvalue weighted by Crippen LogP contribution is -2.22. The van der Waals surface area contributed by atoms with Gasteiger partial charge in [0.05, 0.1) is 7.11 Å². The Morgan fingerprint density at radius 2 is 1.59 bits per heavy atom. The highest BCUT2D eigenvalue weighted by Gasteiger charge is 2.34. The Hall–Kier alpha value is -2.25. The Morgan fingerprint density at radius 3 is 2.09 bits per heavy atom. The summed E-state index contributed by atoms with van der Waals surface area (Å²) in [5.74, 6) is 0.795. The molecular weight excluding hydrogens is 292 g/mol. The van der Waals surface area contributed by atoms with Crippen LogP contribution in [0.3, 0.4) is 0 Å². The lowest BCUT2D eigenvalue weighted by molar-refractivity contribution is 0.414. The van der Waals surface area contributed by atoms with Crippen molar-refractivity contribution in [3.63, 3.8) is 0 Å². The number of methoxy groups -OCH3 is 1. The Labute approximate surface area is 137 Å². The van der Waals surface area contributed by atoms with Crippen LogP contribution in [0.15, 0.2) is 91.6 Å². The third-order valence-corrected chi connectivity index (χ3v) is 4.23. The number of ether oxygens (including phenoxy) is 1. The van der Waals surface area contributed by atoms with Gasteiger partial charge in [0.15, 0.2) is 0 Å². The standard InChI is InChI=1S/C20H19ClO/c1-4-9-16(5-2)20(21,17-10-7-6-8-11-17)18-12-14-19(22-3)15-13-18/h4-15H,1-2H2,3H3/b16-9+. The predicted octanol–water partition coefficient (Wildman–Crippen LogP) is 5.48. The molecule has 112 valence electrons. The normalized spacial score (nSPS) is 14.0. The largest absolute Gasteiger partial charge is 0.497 e. The van der Waals surface area contributed by atoms with Gasteiger partial charge >= 0.3 is 0 Å². The molecule has 0 aliphatic heterocycles. The van der Waals surface area contributed by atoms with Crippen molar-refractivity contribution < 1.29 is 4.74 Å². The molecule has 2 aromatic rings. The van der Waals surface area contributed by atoms with Gasteiger partial charge < -0.3 is 4.74 Å². The third-order valence-electron chi connectivity index (χ3n) is 3.57. The van der Waals surface area contributed by atoms with Crippen molar-refractivity contribution in [3.05, 3.63) is 103 Å². The maximum atomic E-state index is 7.10. The van der Waals surface area contributed by atoms with E-state index in [1.807, 2.05) is 60.7 Å². The molecule has 0 aliphatic carbocycles. The average molecular weight is 311 g/mol. The second-order valence-electron chi connectivity index (χ2n) is 4.81. The van der Waals surface area contributed by atoms with Gasteiger partial charge in [0.1, 0.15) is 10.6 Å². The first kappa shape index (κ1) is 16.1. The number of alkyl halides is 1. The topological polar surface area (TPSA) is 9.23 Å². The van der Waals surface area contributed by atoms with Crippen molar-refractivity contribution in [2.24, 2.45) is 0 Å². The minimum absolute atomic E-state index is 0.795. The van der Waals surface area contributed by atoms with Crippen molar-refractivity contribution in [1.29, 1.82) is 0 Å². The van der Waals surface area contributed by atoms with Crippen LogP contribution in [0.4, 0.5) is 0 Å². The Kier molecular flexibility index (Phi) is 5.24. The van der Waals surface area contributed by atoms with E-state index < -0.39 is 4.87 Å². The zero-order chi connectivity index (χ0) is 16.0. The number of allylic oxidation sites excluding steroid dienone is 4. The summed E-state index contributed by atoms with van der Waals surface area (Å²) in [6.45, 7) is 7.68. The summed E-state index contributed by atoms with van der Waals surface area (Å²) in [6, 6.07) is 17.7. The van der Waals surface area contributed by atoms with Gasteiger partial charge in [0.2, 0.25) is 0 Å².